The van der Waals surface area contributed by atoms with Crippen LogP contribution in [-0.2, 0) is 20.5 Å². The summed E-state index contributed by atoms with van der Waals surface area (Å²) in [5.41, 5.74) is 0.671. The largest absolute Gasteiger partial charge is 0.325 e. The number of carbonyl (C=O) groups excluding carboxylic acids is 3. The Labute approximate surface area is 179 Å². The predicted molar refractivity (Wildman–Crippen MR) is 113 cm³/mol. The third kappa shape index (κ3) is 4.16. The van der Waals surface area contributed by atoms with Gasteiger partial charge in [0.2, 0.25) is 5.91 Å². The molecule has 0 radical (unpaired) electrons. The lowest BCUT2D eigenvalue weighted by molar-refractivity contribution is -0.133. The van der Waals surface area contributed by atoms with E-state index >= 15 is 0 Å². The van der Waals surface area contributed by atoms with Gasteiger partial charge in [-0.05, 0) is 41.7 Å². The number of amides is 4. The van der Waals surface area contributed by atoms with E-state index in [0.717, 1.165) is 16.5 Å². The van der Waals surface area contributed by atoms with Crippen molar-refractivity contribution in [2.24, 2.45) is 0 Å². The van der Waals surface area contributed by atoms with Gasteiger partial charge in [0.05, 0.1) is 5.02 Å². The van der Waals surface area contributed by atoms with E-state index in [1.807, 2.05) is 24.3 Å². The van der Waals surface area contributed by atoms with Crippen LogP contribution < -0.4 is 10.6 Å². The molecule has 1 atom stereocenters. The molecule has 0 unspecified atom stereocenters. The zero-order valence-corrected chi connectivity index (χ0v) is 17.9. The predicted octanol–water partition coefficient (Wildman–Crippen LogP) is 4.18. The highest BCUT2D eigenvalue weighted by Gasteiger charge is 2.49. The van der Waals surface area contributed by atoms with Crippen molar-refractivity contribution in [2.45, 2.75) is 38.6 Å². The Kier molecular flexibility index (Phi) is 5.60. The minimum absolute atomic E-state index is 0.0459. The molecule has 2 N–H and O–H groups in total. The Hall–Kier alpha value is -2.93. The molecule has 3 rings (SSSR count). The molecular weight excluding hydrogens is 409 g/mol. The van der Waals surface area contributed by atoms with Gasteiger partial charge in [-0.1, -0.05) is 56.6 Å². The smallest absolute Gasteiger partial charge is 0.324 e. The van der Waals surface area contributed by atoms with Gasteiger partial charge in [-0.3, -0.25) is 14.5 Å². The summed E-state index contributed by atoms with van der Waals surface area (Å²) in [6.07, 6.45) is 0. The van der Waals surface area contributed by atoms with Crippen molar-refractivity contribution in [3.63, 3.8) is 0 Å². The molecule has 1 saturated heterocycles. The summed E-state index contributed by atoms with van der Waals surface area (Å²) >= 11 is 5.70. The number of nitrogens with one attached hydrogen (secondary N) is 2. The topological polar surface area (TPSA) is 78.5 Å². The second-order valence-corrected chi connectivity index (χ2v) is 8.86. The standard InChI is InChI=1S/C22H23ClFN3O3/c1-21(2,3)13-5-7-14(8-6-13)22(4)19(29)27(20(30)26-22)12-18(28)25-15-9-10-17(24)16(23)11-15/h5-11H,12H2,1-4H3,(H,25,28)(H,26,30)/t22-/m1/s1. The Morgan fingerprint density at radius 1 is 1.17 bits per heavy atom. The van der Waals surface area contributed by atoms with Crippen LogP contribution in [0.4, 0.5) is 14.9 Å². The lowest BCUT2D eigenvalue weighted by Crippen LogP contribution is -2.42. The molecule has 2 aromatic rings. The van der Waals surface area contributed by atoms with Gasteiger partial charge in [0, 0.05) is 5.69 Å². The van der Waals surface area contributed by atoms with Crippen molar-refractivity contribution >= 4 is 35.1 Å². The molecule has 6 nitrogen and oxygen atoms in total. The van der Waals surface area contributed by atoms with E-state index in [4.69, 9.17) is 11.6 Å². The highest BCUT2D eigenvalue weighted by atomic mass is 35.5. The molecule has 0 saturated carbocycles. The monoisotopic (exact) mass is 431 g/mol. The summed E-state index contributed by atoms with van der Waals surface area (Å²) in [7, 11) is 0. The summed E-state index contributed by atoms with van der Waals surface area (Å²) < 4.78 is 13.3. The van der Waals surface area contributed by atoms with Crippen LogP contribution >= 0.6 is 11.6 Å². The number of urea groups is 1. The highest BCUT2D eigenvalue weighted by Crippen LogP contribution is 2.31. The van der Waals surface area contributed by atoms with E-state index in [1.54, 1.807) is 6.92 Å². The van der Waals surface area contributed by atoms with Gasteiger partial charge >= 0.3 is 6.03 Å². The molecule has 0 aliphatic carbocycles. The quantitative estimate of drug-likeness (QED) is 0.713. The van der Waals surface area contributed by atoms with Crippen LogP contribution in [0.2, 0.25) is 5.02 Å². The number of hydrogen-bond donors (Lipinski definition) is 2. The van der Waals surface area contributed by atoms with Crippen molar-refractivity contribution in [3.05, 3.63) is 64.4 Å². The molecule has 1 aliphatic rings. The number of carbonyl (C=O) groups is 3. The second-order valence-electron chi connectivity index (χ2n) is 8.45. The van der Waals surface area contributed by atoms with E-state index in [1.165, 1.54) is 12.1 Å². The number of imide groups is 1. The van der Waals surface area contributed by atoms with Crippen LogP contribution in [0.1, 0.15) is 38.8 Å². The fourth-order valence-corrected chi connectivity index (χ4v) is 3.44. The fraction of sp³-hybridized carbons (Fsp3) is 0.318. The SMILES string of the molecule is CC(C)(C)c1ccc([C@@]2(C)NC(=O)N(CC(=O)Nc3ccc(F)c(Cl)c3)C2=O)cc1. The molecule has 30 heavy (non-hydrogen) atoms. The van der Waals surface area contributed by atoms with Gasteiger partial charge in [-0.2, -0.15) is 0 Å². The summed E-state index contributed by atoms with van der Waals surface area (Å²) in [4.78, 5) is 38.6. The Morgan fingerprint density at radius 2 is 1.80 bits per heavy atom. The van der Waals surface area contributed by atoms with Gasteiger partial charge in [0.1, 0.15) is 17.9 Å². The van der Waals surface area contributed by atoms with Crippen LogP contribution in [0.15, 0.2) is 42.5 Å². The lowest BCUT2D eigenvalue weighted by atomic mass is 9.84. The number of anilines is 1. The first-order valence-electron chi connectivity index (χ1n) is 9.42. The zero-order chi connectivity index (χ0) is 22.3. The van der Waals surface area contributed by atoms with E-state index < -0.39 is 35.7 Å². The van der Waals surface area contributed by atoms with E-state index in [2.05, 4.69) is 31.4 Å². The summed E-state index contributed by atoms with van der Waals surface area (Å²) in [6.45, 7) is 7.38. The molecule has 158 valence electrons. The molecule has 1 aliphatic heterocycles. The molecule has 0 aromatic heterocycles. The van der Waals surface area contributed by atoms with Gasteiger partial charge in [0.25, 0.3) is 5.91 Å². The molecule has 8 heteroatoms. The second kappa shape index (κ2) is 7.72. The lowest BCUT2D eigenvalue weighted by Gasteiger charge is -2.24. The maximum Gasteiger partial charge on any atom is 0.325 e. The first-order chi connectivity index (χ1) is 13.9. The van der Waals surface area contributed by atoms with E-state index in [0.29, 0.717) is 5.56 Å². The van der Waals surface area contributed by atoms with Gasteiger partial charge in [0.15, 0.2) is 0 Å². The van der Waals surface area contributed by atoms with Crippen LogP contribution in [0.5, 0.6) is 0 Å². The van der Waals surface area contributed by atoms with Crippen molar-refractivity contribution < 1.29 is 18.8 Å². The van der Waals surface area contributed by atoms with E-state index in [-0.39, 0.29) is 16.1 Å². The molecule has 0 spiro atoms. The number of hydrogen-bond acceptors (Lipinski definition) is 3. The molecule has 0 bridgehead atoms. The highest BCUT2D eigenvalue weighted by molar-refractivity contribution is 6.31. The Balaban J connectivity index is 1.75. The minimum Gasteiger partial charge on any atom is -0.324 e. The molecule has 1 fully saturated rings. The molecular formula is C22H23ClFN3O3. The third-order valence-electron chi connectivity index (χ3n) is 5.11. The van der Waals surface area contributed by atoms with Gasteiger partial charge in [-0.25, -0.2) is 9.18 Å². The van der Waals surface area contributed by atoms with Crippen LogP contribution in [0.3, 0.4) is 0 Å². The third-order valence-corrected chi connectivity index (χ3v) is 5.40. The normalized spacial score (nSPS) is 19.1. The van der Waals surface area contributed by atoms with E-state index in [9.17, 15) is 18.8 Å². The minimum atomic E-state index is -1.27. The maximum absolute atomic E-state index is 13.3. The first kappa shape index (κ1) is 21.8. The average Bonchev–Trinajstić information content (AvgIpc) is 2.88. The number of benzene rings is 2. The van der Waals surface area contributed by atoms with Crippen LogP contribution in [-0.4, -0.2) is 29.3 Å². The Morgan fingerprint density at radius 3 is 2.37 bits per heavy atom. The number of halogens is 2. The number of nitrogens with zero attached hydrogens (tertiary/aromatic N) is 1. The summed E-state index contributed by atoms with van der Waals surface area (Å²) in [6, 6.07) is 10.5. The van der Waals surface area contributed by atoms with Crippen LogP contribution in [0, 0.1) is 5.82 Å². The molecule has 4 amide bonds. The first-order valence-corrected chi connectivity index (χ1v) is 9.79. The van der Waals surface area contributed by atoms with Crippen molar-refractivity contribution in [3.8, 4) is 0 Å². The zero-order valence-electron chi connectivity index (χ0n) is 17.2. The van der Waals surface area contributed by atoms with Gasteiger partial charge in [-0.15, -0.1) is 0 Å². The molecule has 1 heterocycles. The molecule has 2 aromatic carbocycles. The Bertz CT molecular complexity index is 1020. The number of rotatable bonds is 4. The summed E-state index contributed by atoms with van der Waals surface area (Å²) in [5, 5.41) is 5.04. The van der Waals surface area contributed by atoms with Crippen LogP contribution in [0.25, 0.3) is 0 Å². The average molecular weight is 432 g/mol. The maximum atomic E-state index is 13.3. The van der Waals surface area contributed by atoms with Crippen molar-refractivity contribution in [2.75, 3.05) is 11.9 Å². The van der Waals surface area contributed by atoms with Gasteiger partial charge < -0.3 is 10.6 Å². The summed E-state index contributed by atoms with van der Waals surface area (Å²) in [5.74, 6) is -1.74. The van der Waals surface area contributed by atoms with Crippen molar-refractivity contribution in [1.82, 2.24) is 10.2 Å². The van der Waals surface area contributed by atoms with Crippen molar-refractivity contribution in [1.29, 1.82) is 0 Å². The fourth-order valence-electron chi connectivity index (χ4n) is 3.26.